The number of aromatic nitrogens is 2. The van der Waals surface area contributed by atoms with Crippen molar-refractivity contribution in [2.24, 2.45) is 0 Å². The average molecular weight is 398 g/mol. The highest BCUT2D eigenvalue weighted by atomic mass is 32.2. The van der Waals surface area contributed by atoms with Crippen molar-refractivity contribution in [1.29, 1.82) is 0 Å². The normalized spacial score (nSPS) is 24.5. The molecule has 1 aromatic heterocycles. The summed E-state index contributed by atoms with van der Waals surface area (Å²) in [7, 11) is -7.64. The SMILES string of the molecule is Cc1cn([C@@H]2C[C@H](OS(C)(=O)=O)[C@@H](COS(C)(=O)=O)O2)c(=O)[nH]c1=O. The topological polar surface area (TPSA) is 151 Å². The Hall–Kier alpha value is -1.54. The molecule has 11 nitrogen and oxygen atoms in total. The maximum atomic E-state index is 11.9. The van der Waals surface area contributed by atoms with E-state index in [4.69, 9.17) is 8.92 Å². The Morgan fingerprint density at radius 1 is 1.24 bits per heavy atom. The van der Waals surface area contributed by atoms with Gasteiger partial charge in [-0.2, -0.15) is 16.8 Å². The van der Waals surface area contributed by atoms with Gasteiger partial charge in [-0.05, 0) is 6.92 Å². The van der Waals surface area contributed by atoms with Crippen molar-refractivity contribution in [3.05, 3.63) is 32.6 Å². The lowest BCUT2D eigenvalue weighted by Gasteiger charge is -2.17. The number of ether oxygens (including phenoxy) is 1. The van der Waals surface area contributed by atoms with E-state index in [9.17, 15) is 26.4 Å². The number of nitrogens with one attached hydrogen (secondary N) is 1. The maximum Gasteiger partial charge on any atom is 0.330 e. The van der Waals surface area contributed by atoms with Crippen molar-refractivity contribution >= 4 is 20.2 Å². The molecular weight excluding hydrogens is 380 g/mol. The highest BCUT2D eigenvalue weighted by Gasteiger charge is 2.40. The van der Waals surface area contributed by atoms with Gasteiger partial charge in [-0.1, -0.05) is 0 Å². The van der Waals surface area contributed by atoms with Crippen molar-refractivity contribution in [2.45, 2.75) is 31.8 Å². The third kappa shape index (κ3) is 5.47. The number of H-pyrrole nitrogens is 1. The number of rotatable bonds is 6. The molecule has 0 radical (unpaired) electrons. The minimum atomic E-state index is -3.86. The van der Waals surface area contributed by atoms with Gasteiger partial charge in [0.2, 0.25) is 0 Å². The zero-order valence-electron chi connectivity index (χ0n) is 13.7. The van der Waals surface area contributed by atoms with Crippen LogP contribution in [-0.4, -0.2) is 57.7 Å². The molecule has 0 aromatic carbocycles. The molecule has 0 amide bonds. The van der Waals surface area contributed by atoms with Crippen LogP contribution in [0.1, 0.15) is 18.2 Å². The molecule has 13 heteroatoms. The molecule has 0 bridgehead atoms. The molecule has 2 heterocycles. The van der Waals surface area contributed by atoms with Gasteiger partial charge >= 0.3 is 5.69 Å². The van der Waals surface area contributed by atoms with Gasteiger partial charge in [-0.25, -0.2) is 4.79 Å². The largest absolute Gasteiger partial charge is 0.349 e. The van der Waals surface area contributed by atoms with E-state index in [1.807, 2.05) is 0 Å². The third-order valence-electron chi connectivity index (χ3n) is 3.38. The summed E-state index contributed by atoms with van der Waals surface area (Å²) in [6.07, 6.45) is -0.177. The van der Waals surface area contributed by atoms with Gasteiger partial charge in [-0.15, -0.1) is 0 Å². The van der Waals surface area contributed by atoms with Crippen LogP contribution in [0.2, 0.25) is 0 Å². The number of aromatic amines is 1. The first-order chi connectivity index (χ1) is 11.4. The Balaban J connectivity index is 2.29. The summed E-state index contributed by atoms with van der Waals surface area (Å²) in [6, 6.07) is 0. The molecular formula is C12H18N2O9S2. The smallest absolute Gasteiger partial charge is 0.330 e. The van der Waals surface area contributed by atoms with Crippen LogP contribution in [0.4, 0.5) is 0 Å². The summed E-state index contributed by atoms with van der Waals surface area (Å²) >= 11 is 0. The lowest BCUT2D eigenvalue weighted by molar-refractivity contribution is -0.0353. The van der Waals surface area contributed by atoms with Crippen LogP contribution in [0.25, 0.3) is 0 Å². The minimum Gasteiger partial charge on any atom is -0.349 e. The lowest BCUT2D eigenvalue weighted by atomic mass is 10.2. The molecule has 1 aromatic rings. The van der Waals surface area contributed by atoms with Crippen molar-refractivity contribution in [3.8, 4) is 0 Å². The van der Waals surface area contributed by atoms with E-state index in [1.54, 1.807) is 0 Å². The first kappa shape index (κ1) is 19.8. The van der Waals surface area contributed by atoms with E-state index >= 15 is 0 Å². The van der Waals surface area contributed by atoms with Gasteiger partial charge in [0, 0.05) is 18.2 Å². The molecule has 1 N–H and O–H groups in total. The second-order valence-electron chi connectivity index (χ2n) is 5.67. The summed E-state index contributed by atoms with van der Waals surface area (Å²) in [5.41, 5.74) is -1.05. The molecule has 0 saturated carbocycles. The van der Waals surface area contributed by atoms with E-state index in [1.165, 1.54) is 13.1 Å². The Morgan fingerprint density at radius 2 is 1.88 bits per heavy atom. The van der Waals surface area contributed by atoms with Crippen LogP contribution in [0.5, 0.6) is 0 Å². The molecule has 2 rings (SSSR count). The molecule has 142 valence electrons. The van der Waals surface area contributed by atoms with Gasteiger partial charge in [0.1, 0.15) is 18.4 Å². The van der Waals surface area contributed by atoms with Gasteiger partial charge in [0.25, 0.3) is 25.8 Å². The Morgan fingerprint density at radius 3 is 2.44 bits per heavy atom. The fourth-order valence-electron chi connectivity index (χ4n) is 2.34. The highest BCUT2D eigenvalue weighted by Crippen LogP contribution is 2.31. The van der Waals surface area contributed by atoms with Crippen molar-refractivity contribution in [2.75, 3.05) is 19.1 Å². The van der Waals surface area contributed by atoms with E-state index in [0.29, 0.717) is 0 Å². The standard InChI is InChI=1S/C12H18N2O9S2/c1-7-5-14(12(16)13-11(7)15)10-4-8(23-25(3,19)20)9(22-10)6-21-24(2,17)18/h5,8-10H,4,6H2,1-3H3,(H,13,15,16)/t8-,9+,10-/m0/s1. The van der Waals surface area contributed by atoms with Gasteiger partial charge in [0.05, 0.1) is 19.1 Å². The van der Waals surface area contributed by atoms with Crippen LogP contribution >= 0.6 is 0 Å². The van der Waals surface area contributed by atoms with E-state index in [0.717, 1.165) is 17.1 Å². The quantitative estimate of drug-likeness (QED) is 0.562. The van der Waals surface area contributed by atoms with E-state index in [2.05, 4.69) is 9.17 Å². The minimum absolute atomic E-state index is 0.0593. The predicted molar refractivity (Wildman–Crippen MR) is 85.1 cm³/mol. The van der Waals surface area contributed by atoms with E-state index in [-0.39, 0.29) is 12.0 Å². The van der Waals surface area contributed by atoms with Crippen LogP contribution < -0.4 is 11.2 Å². The first-order valence-electron chi connectivity index (χ1n) is 7.06. The molecule has 0 aliphatic carbocycles. The summed E-state index contributed by atoms with van der Waals surface area (Å²) in [6.45, 7) is 1.01. The van der Waals surface area contributed by atoms with Crippen molar-refractivity contribution in [3.63, 3.8) is 0 Å². The lowest BCUT2D eigenvalue weighted by Crippen LogP contribution is -2.33. The second kappa shape index (κ2) is 6.99. The fourth-order valence-corrected chi connectivity index (χ4v) is 3.37. The third-order valence-corrected chi connectivity index (χ3v) is 4.54. The summed E-state index contributed by atoms with van der Waals surface area (Å²) < 4.78 is 61.2. The molecule has 0 unspecified atom stereocenters. The monoisotopic (exact) mass is 398 g/mol. The molecule has 3 atom stereocenters. The number of hydrogen-bond donors (Lipinski definition) is 1. The Bertz CT molecular complexity index is 961. The van der Waals surface area contributed by atoms with Gasteiger partial charge in [0.15, 0.2) is 0 Å². The molecule has 0 spiro atoms. The summed E-state index contributed by atoms with van der Waals surface area (Å²) in [5.74, 6) is 0. The highest BCUT2D eigenvalue weighted by molar-refractivity contribution is 7.86. The first-order valence-corrected chi connectivity index (χ1v) is 10.7. The molecule has 1 aliphatic rings. The number of nitrogens with zero attached hydrogens (tertiary/aromatic N) is 1. The molecule has 25 heavy (non-hydrogen) atoms. The summed E-state index contributed by atoms with van der Waals surface area (Å²) in [5, 5.41) is 0. The Kier molecular flexibility index (Phi) is 5.53. The molecule has 1 saturated heterocycles. The Labute approximate surface area is 143 Å². The maximum absolute atomic E-state index is 11.9. The summed E-state index contributed by atoms with van der Waals surface area (Å²) in [4.78, 5) is 25.5. The number of hydrogen-bond acceptors (Lipinski definition) is 9. The second-order valence-corrected chi connectivity index (χ2v) is 8.92. The zero-order valence-corrected chi connectivity index (χ0v) is 15.3. The fraction of sp³-hybridized carbons (Fsp3) is 0.667. The van der Waals surface area contributed by atoms with Crippen LogP contribution in [0.15, 0.2) is 15.8 Å². The van der Waals surface area contributed by atoms with Crippen molar-refractivity contribution < 1.29 is 29.9 Å². The van der Waals surface area contributed by atoms with Gasteiger partial charge in [-0.3, -0.25) is 22.7 Å². The van der Waals surface area contributed by atoms with Crippen LogP contribution in [0, 0.1) is 6.92 Å². The average Bonchev–Trinajstić information content (AvgIpc) is 2.80. The number of aryl methyl sites for hydroxylation is 1. The predicted octanol–water partition coefficient (Wildman–Crippen LogP) is -1.55. The van der Waals surface area contributed by atoms with Gasteiger partial charge < -0.3 is 4.74 Å². The zero-order chi connectivity index (χ0) is 19.0. The molecule has 1 aliphatic heterocycles. The van der Waals surface area contributed by atoms with Crippen LogP contribution in [-0.2, 0) is 33.3 Å². The van der Waals surface area contributed by atoms with Crippen molar-refractivity contribution in [1.82, 2.24) is 9.55 Å². The molecule has 1 fully saturated rings. The van der Waals surface area contributed by atoms with E-state index < -0.39 is 56.5 Å². The van der Waals surface area contributed by atoms with Crippen LogP contribution in [0.3, 0.4) is 0 Å².